The highest BCUT2D eigenvalue weighted by Crippen LogP contribution is 2.29. The van der Waals surface area contributed by atoms with Gasteiger partial charge in [-0.1, -0.05) is 43.1 Å². The summed E-state index contributed by atoms with van der Waals surface area (Å²) in [6.07, 6.45) is 9.06. The van der Waals surface area contributed by atoms with Gasteiger partial charge in [0.25, 0.3) is 0 Å². The fraction of sp³-hybridized carbons (Fsp3) is 0.400. The van der Waals surface area contributed by atoms with Gasteiger partial charge in [-0.3, -0.25) is 4.98 Å². The van der Waals surface area contributed by atoms with Gasteiger partial charge in [-0.05, 0) is 37.0 Å². The van der Waals surface area contributed by atoms with Crippen LogP contribution in [-0.2, 0) is 0 Å². The molecule has 0 unspecified atom stereocenters. The minimum atomic E-state index is -1.19. The summed E-state index contributed by atoms with van der Waals surface area (Å²) in [6.45, 7) is 9.29. The van der Waals surface area contributed by atoms with Gasteiger partial charge in [-0.2, -0.15) is 0 Å². The molecule has 1 aromatic rings. The second-order valence-corrected chi connectivity index (χ2v) is 10.9. The lowest BCUT2D eigenvalue weighted by molar-refractivity contribution is 1.03. The molecule has 0 fully saturated rings. The van der Waals surface area contributed by atoms with Crippen LogP contribution in [0.2, 0.25) is 19.6 Å². The number of pyridine rings is 1. The Labute approximate surface area is 105 Å². The van der Waals surface area contributed by atoms with Gasteiger partial charge in [0.2, 0.25) is 0 Å². The number of rotatable bonds is 2. The number of nitrogens with zero attached hydrogens (tertiary/aromatic N) is 1. The molecule has 0 spiro atoms. The van der Waals surface area contributed by atoms with Crippen molar-refractivity contribution in [3.63, 3.8) is 0 Å². The SMILES string of the molecule is Cc1ccc(C2=CC([Si](C)(C)C)=CCC2)nc1. The Bertz CT molecular complexity index is 461. The average Bonchev–Trinajstić information content (AvgIpc) is 2.29. The van der Waals surface area contributed by atoms with E-state index in [9.17, 15) is 0 Å². The van der Waals surface area contributed by atoms with E-state index >= 15 is 0 Å². The molecule has 0 bridgehead atoms. The highest BCUT2D eigenvalue weighted by Gasteiger charge is 2.20. The Balaban J connectivity index is 2.31. The second kappa shape index (κ2) is 4.61. The first-order chi connectivity index (χ1) is 7.97. The Hall–Kier alpha value is -1.15. The highest BCUT2D eigenvalue weighted by atomic mass is 28.3. The summed E-state index contributed by atoms with van der Waals surface area (Å²) in [5, 5.41) is 1.57. The number of hydrogen-bond donors (Lipinski definition) is 0. The molecule has 0 aromatic carbocycles. The van der Waals surface area contributed by atoms with Crippen molar-refractivity contribution >= 4 is 13.6 Å². The molecule has 90 valence electrons. The topological polar surface area (TPSA) is 12.9 Å². The van der Waals surface area contributed by atoms with Crippen molar-refractivity contribution in [1.82, 2.24) is 4.98 Å². The maximum absolute atomic E-state index is 4.54. The van der Waals surface area contributed by atoms with E-state index in [-0.39, 0.29) is 0 Å². The molecule has 2 rings (SSSR count). The van der Waals surface area contributed by atoms with Gasteiger partial charge >= 0.3 is 0 Å². The van der Waals surface area contributed by atoms with E-state index in [2.05, 4.69) is 55.8 Å². The number of aromatic nitrogens is 1. The molecular weight excluding hydrogens is 222 g/mol. The average molecular weight is 243 g/mol. The van der Waals surface area contributed by atoms with Crippen molar-refractivity contribution in [2.75, 3.05) is 0 Å². The van der Waals surface area contributed by atoms with Crippen LogP contribution in [0.3, 0.4) is 0 Å². The Morgan fingerprint density at radius 2 is 1.94 bits per heavy atom. The lowest BCUT2D eigenvalue weighted by Gasteiger charge is -2.23. The van der Waals surface area contributed by atoms with Crippen molar-refractivity contribution in [2.24, 2.45) is 0 Å². The van der Waals surface area contributed by atoms with Crippen molar-refractivity contribution in [1.29, 1.82) is 0 Å². The molecule has 1 aromatic heterocycles. The maximum Gasteiger partial charge on any atom is 0.0771 e. The largest absolute Gasteiger partial charge is 0.256 e. The van der Waals surface area contributed by atoms with E-state index < -0.39 is 8.07 Å². The molecular formula is C15H21NSi. The minimum absolute atomic E-state index is 1.13. The van der Waals surface area contributed by atoms with Gasteiger partial charge in [0.1, 0.15) is 0 Å². The van der Waals surface area contributed by atoms with Crippen LogP contribution in [0.15, 0.2) is 35.7 Å². The third-order valence-electron chi connectivity index (χ3n) is 3.21. The molecule has 0 saturated carbocycles. The zero-order valence-electron chi connectivity index (χ0n) is 11.2. The van der Waals surface area contributed by atoms with Gasteiger partial charge in [-0.25, -0.2) is 0 Å². The molecule has 17 heavy (non-hydrogen) atoms. The standard InChI is InChI=1S/C15H21NSi/c1-12-8-9-15(16-11-12)13-6-5-7-14(10-13)17(2,3)4/h7-11H,5-6H2,1-4H3. The maximum atomic E-state index is 4.54. The number of allylic oxidation sites excluding steroid dienone is 4. The fourth-order valence-corrected chi connectivity index (χ4v) is 3.45. The summed E-state index contributed by atoms with van der Waals surface area (Å²) in [4.78, 5) is 4.54. The van der Waals surface area contributed by atoms with Gasteiger partial charge in [-0.15, -0.1) is 0 Å². The van der Waals surface area contributed by atoms with Crippen LogP contribution in [0.25, 0.3) is 5.57 Å². The Morgan fingerprint density at radius 3 is 2.53 bits per heavy atom. The van der Waals surface area contributed by atoms with Crippen molar-refractivity contribution in [3.05, 3.63) is 46.9 Å². The molecule has 0 radical (unpaired) electrons. The van der Waals surface area contributed by atoms with Crippen LogP contribution in [0.1, 0.15) is 24.1 Å². The molecule has 1 heterocycles. The Morgan fingerprint density at radius 1 is 1.18 bits per heavy atom. The zero-order valence-corrected chi connectivity index (χ0v) is 12.2. The number of aryl methyl sites for hydroxylation is 1. The quantitative estimate of drug-likeness (QED) is 0.703. The normalized spacial score (nSPS) is 16.5. The molecule has 1 aliphatic carbocycles. The van der Waals surface area contributed by atoms with E-state index in [1.165, 1.54) is 17.6 Å². The molecule has 0 amide bonds. The van der Waals surface area contributed by atoms with Crippen molar-refractivity contribution in [3.8, 4) is 0 Å². The summed E-state index contributed by atoms with van der Waals surface area (Å²) in [6, 6.07) is 4.30. The van der Waals surface area contributed by atoms with Gasteiger partial charge in [0.05, 0.1) is 13.8 Å². The predicted octanol–water partition coefficient (Wildman–Crippen LogP) is 4.37. The third kappa shape index (κ3) is 2.94. The van der Waals surface area contributed by atoms with Crippen molar-refractivity contribution in [2.45, 2.75) is 39.4 Å². The zero-order chi connectivity index (χ0) is 12.5. The van der Waals surface area contributed by atoms with Gasteiger partial charge in [0.15, 0.2) is 0 Å². The lowest BCUT2D eigenvalue weighted by atomic mass is 10.0. The number of hydrogen-bond acceptors (Lipinski definition) is 1. The van der Waals surface area contributed by atoms with Crippen LogP contribution in [0, 0.1) is 6.92 Å². The molecule has 2 heteroatoms. The summed E-state index contributed by atoms with van der Waals surface area (Å²) in [5.41, 5.74) is 3.79. The van der Waals surface area contributed by atoms with E-state index in [0.717, 1.165) is 12.1 Å². The minimum Gasteiger partial charge on any atom is -0.256 e. The summed E-state index contributed by atoms with van der Waals surface area (Å²) in [5.74, 6) is 0. The van der Waals surface area contributed by atoms with Crippen LogP contribution in [0.5, 0.6) is 0 Å². The van der Waals surface area contributed by atoms with Gasteiger partial charge < -0.3 is 0 Å². The first-order valence-corrected chi connectivity index (χ1v) is 9.81. The third-order valence-corrected chi connectivity index (χ3v) is 5.29. The molecule has 1 aliphatic rings. The second-order valence-electron chi connectivity index (χ2n) is 5.84. The van der Waals surface area contributed by atoms with Crippen molar-refractivity contribution < 1.29 is 0 Å². The first kappa shape index (κ1) is 12.3. The Kier molecular flexibility index (Phi) is 3.34. The van der Waals surface area contributed by atoms with E-state index in [4.69, 9.17) is 0 Å². The van der Waals surface area contributed by atoms with Crippen LogP contribution >= 0.6 is 0 Å². The monoisotopic (exact) mass is 243 g/mol. The predicted molar refractivity (Wildman–Crippen MR) is 77.6 cm³/mol. The van der Waals surface area contributed by atoms with E-state index in [0.29, 0.717) is 0 Å². The van der Waals surface area contributed by atoms with E-state index in [1.807, 2.05) is 6.20 Å². The first-order valence-electron chi connectivity index (χ1n) is 6.31. The molecule has 0 N–H and O–H groups in total. The van der Waals surface area contributed by atoms with Gasteiger partial charge in [0, 0.05) is 6.20 Å². The van der Waals surface area contributed by atoms with Crippen LogP contribution in [0.4, 0.5) is 0 Å². The summed E-state index contributed by atoms with van der Waals surface area (Å²) >= 11 is 0. The highest BCUT2D eigenvalue weighted by molar-refractivity contribution is 6.83. The molecule has 1 nitrogen and oxygen atoms in total. The smallest absolute Gasteiger partial charge is 0.0771 e. The van der Waals surface area contributed by atoms with Crippen LogP contribution in [-0.4, -0.2) is 13.1 Å². The molecule has 0 aliphatic heterocycles. The van der Waals surface area contributed by atoms with E-state index in [1.54, 1.807) is 5.20 Å². The van der Waals surface area contributed by atoms with Crippen LogP contribution < -0.4 is 0 Å². The summed E-state index contributed by atoms with van der Waals surface area (Å²) < 4.78 is 0. The molecule has 0 saturated heterocycles. The molecule has 0 atom stereocenters. The fourth-order valence-electron chi connectivity index (χ4n) is 2.08. The summed E-state index contributed by atoms with van der Waals surface area (Å²) in [7, 11) is -1.19. The lowest BCUT2D eigenvalue weighted by Crippen LogP contribution is -2.24.